The molecule has 0 bridgehead atoms. The van der Waals surface area contributed by atoms with E-state index < -0.39 is 35.3 Å². The van der Waals surface area contributed by atoms with Gasteiger partial charge < -0.3 is 20.9 Å². The number of alkyl halides is 3. The lowest BCUT2D eigenvalue weighted by Gasteiger charge is -2.13. The molecule has 1 aromatic heterocycles. The van der Waals surface area contributed by atoms with Crippen molar-refractivity contribution in [1.82, 2.24) is 9.97 Å². The molecular weight excluding hydrogens is 336 g/mol. The number of hydrogen-bond donors (Lipinski definition) is 2. The Morgan fingerprint density at radius 1 is 1.21 bits per heavy atom. The molecular formula is C13H10F4N4O3. The van der Waals surface area contributed by atoms with E-state index in [1.807, 2.05) is 0 Å². The first-order chi connectivity index (χ1) is 11.1. The number of hydrogen-bond acceptors (Lipinski definition) is 7. The number of esters is 1. The summed E-state index contributed by atoms with van der Waals surface area (Å²) in [6.45, 7) is 0. The molecule has 1 aromatic carbocycles. The molecule has 7 nitrogen and oxygen atoms in total. The van der Waals surface area contributed by atoms with E-state index in [0.29, 0.717) is 0 Å². The summed E-state index contributed by atoms with van der Waals surface area (Å²) in [4.78, 5) is 18.7. The number of ether oxygens (including phenoxy) is 2. The number of benzene rings is 1. The molecule has 0 amide bonds. The monoisotopic (exact) mass is 346 g/mol. The van der Waals surface area contributed by atoms with Crippen molar-refractivity contribution in [3.8, 4) is 17.0 Å². The predicted octanol–water partition coefficient (Wildman–Crippen LogP) is 2.13. The van der Waals surface area contributed by atoms with Gasteiger partial charge in [-0.05, 0) is 18.2 Å². The summed E-state index contributed by atoms with van der Waals surface area (Å²) in [7, 11) is 0.966. The van der Waals surface area contributed by atoms with Gasteiger partial charge in [-0.3, -0.25) is 0 Å². The molecule has 0 radical (unpaired) electrons. The number of carbonyl (C=O) groups excluding carboxylic acids is 1. The molecule has 0 aliphatic heterocycles. The number of nitrogen functional groups attached to an aromatic ring is 2. The zero-order valence-electron chi connectivity index (χ0n) is 12.0. The Kier molecular flexibility index (Phi) is 4.44. The molecule has 1 heterocycles. The number of carbonyl (C=O) groups is 1. The maximum atomic E-state index is 14.0. The van der Waals surface area contributed by atoms with E-state index in [0.717, 1.165) is 25.3 Å². The van der Waals surface area contributed by atoms with E-state index in [1.165, 1.54) is 0 Å². The van der Waals surface area contributed by atoms with E-state index in [9.17, 15) is 22.4 Å². The average Bonchev–Trinajstić information content (AvgIpc) is 2.49. The van der Waals surface area contributed by atoms with Gasteiger partial charge in [-0.25, -0.2) is 14.2 Å². The van der Waals surface area contributed by atoms with Crippen molar-refractivity contribution in [1.29, 1.82) is 0 Å². The Hall–Kier alpha value is -3.11. The fourth-order valence-electron chi connectivity index (χ4n) is 1.83. The minimum atomic E-state index is -5.03. The van der Waals surface area contributed by atoms with Crippen LogP contribution < -0.4 is 16.2 Å². The Bertz CT molecular complexity index is 796. The molecule has 2 rings (SSSR count). The molecule has 4 N–H and O–H groups in total. The second kappa shape index (κ2) is 6.18. The number of nitrogens with zero attached hydrogens (tertiary/aromatic N) is 2. The molecule has 0 aliphatic rings. The zero-order chi connectivity index (χ0) is 18.1. The highest BCUT2D eigenvalue weighted by molar-refractivity contribution is 5.94. The number of rotatable bonds is 3. The third-order valence-electron chi connectivity index (χ3n) is 2.78. The van der Waals surface area contributed by atoms with Crippen LogP contribution in [-0.2, 0) is 4.74 Å². The number of nitrogens with two attached hydrogens (primary N) is 2. The minimum Gasteiger partial charge on any atom is -0.465 e. The Balaban J connectivity index is 2.60. The normalized spacial score (nSPS) is 11.2. The third kappa shape index (κ3) is 3.62. The van der Waals surface area contributed by atoms with Gasteiger partial charge in [-0.15, -0.1) is 13.2 Å². The van der Waals surface area contributed by atoms with Crippen LogP contribution in [0.4, 0.5) is 29.3 Å². The second-order valence-corrected chi connectivity index (χ2v) is 4.38. The topological polar surface area (TPSA) is 113 Å². The molecule has 0 atom stereocenters. The van der Waals surface area contributed by atoms with Crippen molar-refractivity contribution >= 4 is 17.7 Å². The van der Waals surface area contributed by atoms with Crippen LogP contribution in [0, 0.1) is 5.82 Å². The number of methoxy groups -OCH3 is 1. The average molecular weight is 346 g/mol. The summed E-state index contributed by atoms with van der Waals surface area (Å²) in [6.07, 6.45) is -5.03. The molecule has 24 heavy (non-hydrogen) atoms. The second-order valence-electron chi connectivity index (χ2n) is 4.38. The summed E-state index contributed by atoms with van der Waals surface area (Å²) >= 11 is 0. The van der Waals surface area contributed by atoms with E-state index in [1.54, 1.807) is 0 Å². The zero-order valence-corrected chi connectivity index (χ0v) is 12.0. The first kappa shape index (κ1) is 17.2. The largest absolute Gasteiger partial charge is 0.573 e. The number of anilines is 2. The maximum absolute atomic E-state index is 14.0. The van der Waals surface area contributed by atoms with Crippen LogP contribution in [0.3, 0.4) is 0 Å². The highest BCUT2D eigenvalue weighted by Crippen LogP contribution is 2.32. The summed E-state index contributed by atoms with van der Waals surface area (Å²) in [5.41, 5.74) is 9.66. The van der Waals surface area contributed by atoms with Gasteiger partial charge in [0.15, 0.2) is 11.6 Å². The smallest absolute Gasteiger partial charge is 0.465 e. The van der Waals surface area contributed by atoms with Crippen molar-refractivity contribution in [3.05, 3.63) is 29.6 Å². The highest BCUT2D eigenvalue weighted by atomic mass is 19.4. The van der Waals surface area contributed by atoms with Crippen LogP contribution in [0.25, 0.3) is 11.3 Å². The van der Waals surface area contributed by atoms with Crippen molar-refractivity contribution in [2.24, 2.45) is 0 Å². The van der Waals surface area contributed by atoms with E-state index in [2.05, 4.69) is 19.4 Å². The molecule has 128 valence electrons. The molecule has 0 unspecified atom stereocenters. The van der Waals surface area contributed by atoms with Crippen LogP contribution in [0.15, 0.2) is 18.2 Å². The van der Waals surface area contributed by atoms with Gasteiger partial charge in [-0.2, -0.15) is 4.98 Å². The molecule has 11 heteroatoms. The lowest BCUT2D eigenvalue weighted by atomic mass is 10.1. The van der Waals surface area contributed by atoms with E-state index in [4.69, 9.17) is 11.5 Å². The first-order valence-corrected chi connectivity index (χ1v) is 6.19. The van der Waals surface area contributed by atoms with E-state index >= 15 is 0 Å². The first-order valence-electron chi connectivity index (χ1n) is 6.19. The Labute approximate surface area is 132 Å². The Morgan fingerprint density at radius 3 is 2.46 bits per heavy atom. The fraction of sp³-hybridized carbons (Fsp3) is 0.154. The van der Waals surface area contributed by atoms with Crippen LogP contribution >= 0.6 is 0 Å². The third-order valence-corrected chi connectivity index (χ3v) is 2.78. The standard InChI is InChI=1S/C13H10F4N4O3/c1-23-11(22)6-4-5(2-3-7(6)24-13(15,16)17)9-8(14)10(18)21-12(19)20-9/h2-4H,1H3,(H4,18,19,20,21). The molecule has 0 spiro atoms. The van der Waals surface area contributed by atoms with E-state index in [-0.39, 0.29) is 17.2 Å². The number of halogens is 4. The highest BCUT2D eigenvalue weighted by Gasteiger charge is 2.33. The van der Waals surface area contributed by atoms with Gasteiger partial charge in [-0.1, -0.05) is 0 Å². The van der Waals surface area contributed by atoms with Gasteiger partial charge in [0.25, 0.3) is 0 Å². The van der Waals surface area contributed by atoms with Gasteiger partial charge >= 0.3 is 12.3 Å². The van der Waals surface area contributed by atoms with Gasteiger partial charge in [0.2, 0.25) is 5.95 Å². The van der Waals surface area contributed by atoms with Gasteiger partial charge in [0, 0.05) is 5.56 Å². The summed E-state index contributed by atoms with van der Waals surface area (Å²) < 4.78 is 59.3. The fourth-order valence-corrected chi connectivity index (χ4v) is 1.83. The van der Waals surface area contributed by atoms with Crippen molar-refractivity contribution in [2.45, 2.75) is 6.36 Å². The quantitative estimate of drug-likeness (QED) is 0.646. The minimum absolute atomic E-state index is 0.0665. The van der Waals surface area contributed by atoms with Crippen molar-refractivity contribution < 1.29 is 31.8 Å². The van der Waals surface area contributed by atoms with Gasteiger partial charge in [0.05, 0.1) is 7.11 Å². The van der Waals surface area contributed by atoms with Crippen LogP contribution in [-0.4, -0.2) is 29.4 Å². The van der Waals surface area contributed by atoms with Crippen molar-refractivity contribution in [2.75, 3.05) is 18.6 Å². The summed E-state index contributed by atoms with van der Waals surface area (Å²) in [5.74, 6) is -3.86. The summed E-state index contributed by atoms with van der Waals surface area (Å²) in [6, 6.07) is 2.79. The van der Waals surface area contributed by atoms with Gasteiger partial charge in [0.1, 0.15) is 17.0 Å². The molecule has 0 aliphatic carbocycles. The predicted molar refractivity (Wildman–Crippen MR) is 74.3 cm³/mol. The Morgan fingerprint density at radius 2 is 1.88 bits per heavy atom. The summed E-state index contributed by atoms with van der Waals surface area (Å²) in [5, 5.41) is 0. The molecule has 2 aromatic rings. The molecule has 0 saturated carbocycles. The molecule has 0 saturated heterocycles. The van der Waals surface area contributed by atoms with Crippen LogP contribution in [0.2, 0.25) is 0 Å². The molecule has 0 fully saturated rings. The van der Waals surface area contributed by atoms with Crippen LogP contribution in [0.5, 0.6) is 5.75 Å². The lowest BCUT2D eigenvalue weighted by Crippen LogP contribution is -2.19. The van der Waals surface area contributed by atoms with Crippen LogP contribution in [0.1, 0.15) is 10.4 Å². The van der Waals surface area contributed by atoms with Crippen molar-refractivity contribution in [3.63, 3.8) is 0 Å². The SMILES string of the molecule is COC(=O)c1cc(-c2nc(N)nc(N)c2F)ccc1OC(F)(F)F. The number of aromatic nitrogens is 2. The lowest BCUT2D eigenvalue weighted by molar-refractivity contribution is -0.274. The maximum Gasteiger partial charge on any atom is 0.573 e.